The van der Waals surface area contributed by atoms with Gasteiger partial charge in [-0.05, 0) is 24.3 Å². The number of nitrogens with one attached hydrogen (secondary N) is 2. The number of hydrogen-bond donors (Lipinski definition) is 2. The third kappa shape index (κ3) is 2.44. The van der Waals surface area contributed by atoms with E-state index >= 15 is 0 Å². The summed E-state index contributed by atoms with van der Waals surface area (Å²) < 4.78 is 1.75. The van der Waals surface area contributed by atoms with Gasteiger partial charge in [-0.1, -0.05) is 6.07 Å². The number of carbonyl (C=O) groups is 1. The highest BCUT2D eigenvalue weighted by Crippen LogP contribution is 2.05. The number of pyridine rings is 2. The van der Waals surface area contributed by atoms with E-state index < -0.39 is 0 Å². The van der Waals surface area contributed by atoms with Gasteiger partial charge < -0.3 is 10.3 Å². The zero-order valence-corrected chi connectivity index (χ0v) is 10.5. The fraction of sp³-hybridized carbons (Fsp3) is 0.0714. The molecule has 0 fully saturated rings. The summed E-state index contributed by atoms with van der Waals surface area (Å²) in [7, 11) is 0. The molecule has 0 unspecified atom stereocenters. The number of fused-ring (bicyclic) bond motifs is 1. The highest BCUT2D eigenvalue weighted by Gasteiger charge is 2.06. The zero-order chi connectivity index (χ0) is 13.9. The number of carbonyl (C=O) groups excluding carboxylic acids is 1. The van der Waals surface area contributed by atoms with Gasteiger partial charge in [-0.25, -0.2) is 4.52 Å². The largest absolute Gasteiger partial charge is 0.346 e. The molecule has 0 radical (unpaired) electrons. The average molecular weight is 268 g/mol. The van der Waals surface area contributed by atoms with E-state index in [0.717, 1.165) is 11.2 Å². The topological polar surface area (TPSA) is 79.3 Å². The summed E-state index contributed by atoms with van der Waals surface area (Å²) in [5.41, 5.74) is 1.92. The Morgan fingerprint density at radius 2 is 2.20 bits per heavy atom. The van der Waals surface area contributed by atoms with Crippen LogP contribution >= 0.6 is 0 Å². The van der Waals surface area contributed by atoms with Crippen molar-refractivity contribution in [2.45, 2.75) is 6.54 Å². The van der Waals surface area contributed by atoms with Gasteiger partial charge >= 0.3 is 0 Å². The summed E-state index contributed by atoms with van der Waals surface area (Å²) in [5.74, 6) is -0.252. The molecule has 0 spiro atoms. The van der Waals surface area contributed by atoms with E-state index in [2.05, 4.69) is 15.4 Å². The summed E-state index contributed by atoms with van der Waals surface area (Å²) in [5, 5.41) is 7.10. The lowest BCUT2D eigenvalue weighted by Gasteiger charge is -2.02. The van der Waals surface area contributed by atoms with Gasteiger partial charge in [-0.2, -0.15) is 5.10 Å². The summed E-state index contributed by atoms with van der Waals surface area (Å²) >= 11 is 0. The molecule has 6 nitrogen and oxygen atoms in total. The van der Waals surface area contributed by atoms with Gasteiger partial charge in [0, 0.05) is 18.5 Å². The monoisotopic (exact) mass is 268 g/mol. The quantitative estimate of drug-likeness (QED) is 0.742. The molecule has 3 aromatic heterocycles. The standard InChI is InChI=1S/C14H12N4O2/c19-13-5-4-10(8-15-13)14(20)16-9-11-7-12-3-1-2-6-18(12)17-11/h1-8H,9H2,(H,15,19)(H,16,20). The van der Waals surface area contributed by atoms with Crippen LogP contribution in [0.3, 0.4) is 0 Å². The Hall–Kier alpha value is -2.89. The number of rotatable bonds is 3. The molecule has 0 aliphatic rings. The van der Waals surface area contributed by atoms with Gasteiger partial charge in [0.15, 0.2) is 0 Å². The Morgan fingerprint density at radius 3 is 2.95 bits per heavy atom. The van der Waals surface area contributed by atoms with Crippen molar-refractivity contribution in [1.29, 1.82) is 0 Å². The summed E-state index contributed by atoms with van der Waals surface area (Å²) in [4.78, 5) is 25.3. The maximum absolute atomic E-state index is 11.9. The van der Waals surface area contributed by atoms with E-state index in [4.69, 9.17) is 0 Å². The molecule has 0 saturated carbocycles. The van der Waals surface area contributed by atoms with Crippen molar-refractivity contribution in [3.05, 3.63) is 70.4 Å². The van der Waals surface area contributed by atoms with Crippen molar-refractivity contribution in [2.24, 2.45) is 0 Å². The van der Waals surface area contributed by atoms with Crippen LogP contribution < -0.4 is 10.9 Å². The number of amides is 1. The molecule has 1 amide bonds. The smallest absolute Gasteiger partial charge is 0.253 e. The fourth-order valence-corrected chi connectivity index (χ4v) is 1.90. The van der Waals surface area contributed by atoms with Crippen molar-refractivity contribution in [1.82, 2.24) is 19.9 Å². The first kappa shape index (κ1) is 12.2. The van der Waals surface area contributed by atoms with Crippen LogP contribution in [-0.4, -0.2) is 20.5 Å². The molecule has 0 aliphatic heterocycles. The van der Waals surface area contributed by atoms with Crippen LogP contribution in [0.5, 0.6) is 0 Å². The molecule has 6 heteroatoms. The van der Waals surface area contributed by atoms with Gasteiger partial charge in [0.2, 0.25) is 5.56 Å². The second-order valence-electron chi connectivity index (χ2n) is 4.33. The predicted molar refractivity (Wildman–Crippen MR) is 73.4 cm³/mol. The highest BCUT2D eigenvalue weighted by molar-refractivity contribution is 5.93. The molecule has 0 aromatic carbocycles. The lowest BCUT2D eigenvalue weighted by Crippen LogP contribution is -2.23. The molecule has 3 heterocycles. The van der Waals surface area contributed by atoms with Crippen LogP contribution in [0, 0.1) is 0 Å². The van der Waals surface area contributed by atoms with Gasteiger partial charge in [0.25, 0.3) is 5.91 Å². The molecular formula is C14H12N4O2. The normalized spacial score (nSPS) is 10.6. The predicted octanol–water partition coefficient (Wildman–Crippen LogP) is 0.953. The molecule has 2 N–H and O–H groups in total. The van der Waals surface area contributed by atoms with E-state index in [1.807, 2.05) is 30.5 Å². The molecule has 100 valence electrons. The van der Waals surface area contributed by atoms with E-state index in [1.54, 1.807) is 4.52 Å². The Balaban J connectivity index is 1.71. The highest BCUT2D eigenvalue weighted by atomic mass is 16.1. The number of aromatic amines is 1. The van der Waals surface area contributed by atoms with Gasteiger partial charge in [0.05, 0.1) is 23.3 Å². The number of aromatic nitrogens is 3. The van der Waals surface area contributed by atoms with Crippen molar-refractivity contribution < 1.29 is 4.79 Å². The van der Waals surface area contributed by atoms with Crippen molar-refractivity contribution in [3.63, 3.8) is 0 Å². The minimum Gasteiger partial charge on any atom is -0.346 e. The second kappa shape index (κ2) is 5.00. The first-order valence-corrected chi connectivity index (χ1v) is 6.12. The summed E-state index contributed by atoms with van der Waals surface area (Å²) in [6, 6.07) is 10.5. The lowest BCUT2D eigenvalue weighted by atomic mass is 10.2. The van der Waals surface area contributed by atoms with E-state index in [-0.39, 0.29) is 11.5 Å². The SMILES string of the molecule is O=C(NCc1cc2ccccn2n1)c1ccc(=O)[nH]c1. The maximum atomic E-state index is 11.9. The van der Waals surface area contributed by atoms with E-state index in [1.165, 1.54) is 18.3 Å². The molecular weight excluding hydrogens is 256 g/mol. The molecule has 0 aliphatic carbocycles. The number of nitrogens with zero attached hydrogens (tertiary/aromatic N) is 2. The fourth-order valence-electron chi connectivity index (χ4n) is 1.90. The summed E-state index contributed by atoms with van der Waals surface area (Å²) in [6.07, 6.45) is 3.24. The van der Waals surface area contributed by atoms with Gasteiger partial charge in [-0.15, -0.1) is 0 Å². The first-order valence-electron chi connectivity index (χ1n) is 6.12. The number of hydrogen-bond acceptors (Lipinski definition) is 3. The van der Waals surface area contributed by atoms with Crippen LogP contribution in [-0.2, 0) is 6.54 Å². The Bertz CT molecular complexity index is 766. The van der Waals surface area contributed by atoms with Crippen LogP contribution in [0.15, 0.2) is 53.6 Å². The Morgan fingerprint density at radius 1 is 1.30 bits per heavy atom. The van der Waals surface area contributed by atoms with Gasteiger partial charge in [0.1, 0.15) is 0 Å². The van der Waals surface area contributed by atoms with Crippen LogP contribution in [0.2, 0.25) is 0 Å². The molecule has 3 rings (SSSR count). The first-order chi connectivity index (χ1) is 9.72. The molecule has 20 heavy (non-hydrogen) atoms. The van der Waals surface area contributed by atoms with Crippen molar-refractivity contribution in [2.75, 3.05) is 0 Å². The average Bonchev–Trinajstić information content (AvgIpc) is 2.88. The van der Waals surface area contributed by atoms with Crippen LogP contribution in [0.25, 0.3) is 5.52 Å². The van der Waals surface area contributed by atoms with Crippen molar-refractivity contribution >= 4 is 11.4 Å². The molecule has 3 aromatic rings. The van der Waals surface area contributed by atoms with Crippen molar-refractivity contribution in [3.8, 4) is 0 Å². The Labute approximate surface area is 114 Å². The lowest BCUT2D eigenvalue weighted by molar-refractivity contribution is 0.0950. The van der Waals surface area contributed by atoms with E-state index in [0.29, 0.717) is 12.1 Å². The zero-order valence-electron chi connectivity index (χ0n) is 10.5. The van der Waals surface area contributed by atoms with Gasteiger partial charge in [-0.3, -0.25) is 9.59 Å². The molecule has 0 saturated heterocycles. The van der Waals surface area contributed by atoms with E-state index in [9.17, 15) is 9.59 Å². The van der Waals surface area contributed by atoms with Crippen LogP contribution in [0.4, 0.5) is 0 Å². The molecule has 0 bridgehead atoms. The second-order valence-corrected chi connectivity index (χ2v) is 4.33. The molecule has 0 atom stereocenters. The minimum absolute atomic E-state index is 0.234. The minimum atomic E-state index is -0.252. The third-order valence-corrected chi connectivity index (χ3v) is 2.90. The maximum Gasteiger partial charge on any atom is 0.253 e. The number of H-pyrrole nitrogens is 1. The summed E-state index contributed by atoms with van der Waals surface area (Å²) in [6.45, 7) is 0.333. The Kier molecular flexibility index (Phi) is 3.04. The third-order valence-electron chi connectivity index (χ3n) is 2.90. The van der Waals surface area contributed by atoms with Crippen LogP contribution in [0.1, 0.15) is 16.1 Å².